The summed E-state index contributed by atoms with van der Waals surface area (Å²) >= 11 is 1.67. The average molecular weight is 133 g/mol. The van der Waals surface area contributed by atoms with Gasteiger partial charge < -0.3 is 0 Å². The zero-order chi connectivity index (χ0) is 6.57. The first-order valence-corrected chi connectivity index (χ1v) is 4.19. The average Bonchev–Trinajstić information content (AvgIpc) is 1.69. The number of thioether (sulfide) groups is 1. The minimum absolute atomic E-state index is 0.315. The summed E-state index contributed by atoms with van der Waals surface area (Å²) in [7, 11) is 0. The molecule has 0 N–H and O–H groups in total. The van der Waals surface area contributed by atoms with Crippen LogP contribution < -0.4 is 0 Å². The van der Waals surface area contributed by atoms with E-state index < -0.39 is 6.10 Å². The van der Waals surface area contributed by atoms with Crippen molar-refractivity contribution < 1.29 is 5.11 Å². The third kappa shape index (κ3) is 2.58. The van der Waals surface area contributed by atoms with Crippen LogP contribution in [0.25, 0.3) is 0 Å². The van der Waals surface area contributed by atoms with Gasteiger partial charge in [0, 0.05) is 5.25 Å². The Labute approximate surface area is 55.5 Å². The SMILES string of the molecule is CCC(SC)C(C)[O]. The predicted molar refractivity (Wildman–Crippen MR) is 37.7 cm³/mol. The Morgan fingerprint density at radius 3 is 2.12 bits per heavy atom. The number of hydrogen-bond acceptors (Lipinski definition) is 1. The molecule has 0 rings (SSSR count). The van der Waals surface area contributed by atoms with E-state index in [0.717, 1.165) is 6.42 Å². The van der Waals surface area contributed by atoms with Gasteiger partial charge in [-0.2, -0.15) is 11.8 Å². The molecule has 49 valence electrons. The second-order valence-electron chi connectivity index (χ2n) is 1.89. The van der Waals surface area contributed by atoms with Crippen molar-refractivity contribution in [3.8, 4) is 0 Å². The predicted octanol–water partition coefficient (Wildman–Crippen LogP) is 1.95. The maximum atomic E-state index is 10.7. The highest BCUT2D eigenvalue weighted by molar-refractivity contribution is 7.99. The van der Waals surface area contributed by atoms with Crippen LogP contribution in [-0.4, -0.2) is 17.6 Å². The molecule has 2 unspecified atom stereocenters. The maximum absolute atomic E-state index is 10.7. The van der Waals surface area contributed by atoms with Gasteiger partial charge in [-0.25, -0.2) is 5.11 Å². The molecule has 0 saturated carbocycles. The van der Waals surface area contributed by atoms with E-state index in [2.05, 4.69) is 6.92 Å². The molecular weight excluding hydrogens is 120 g/mol. The zero-order valence-electron chi connectivity index (χ0n) is 5.68. The molecule has 8 heavy (non-hydrogen) atoms. The van der Waals surface area contributed by atoms with Crippen LogP contribution in [0, 0.1) is 0 Å². The second-order valence-corrected chi connectivity index (χ2v) is 2.96. The fraction of sp³-hybridized carbons (Fsp3) is 1.00. The van der Waals surface area contributed by atoms with Crippen LogP contribution in [0.3, 0.4) is 0 Å². The minimum atomic E-state index is -0.407. The molecule has 2 atom stereocenters. The van der Waals surface area contributed by atoms with Gasteiger partial charge >= 0.3 is 0 Å². The van der Waals surface area contributed by atoms with Crippen molar-refractivity contribution in [3.05, 3.63) is 0 Å². The van der Waals surface area contributed by atoms with Gasteiger partial charge in [0.05, 0.1) is 0 Å². The van der Waals surface area contributed by atoms with Crippen molar-refractivity contribution in [2.24, 2.45) is 0 Å². The van der Waals surface area contributed by atoms with Gasteiger partial charge in [-0.1, -0.05) is 6.92 Å². The van der Waals surface area contributed by atoms with Crippen LogP contribution in [0.2, 0.25) is 0 Å². The Morgan fingerprint density at radius 2 is 2.12 bits per heavy atom. The van der Waals surface area contributed by atoms with E-state index in [1.807, 2.05) is 6.26 Å². The molecule has 0 aliphatic heterocycles. The summed E-state index contributed by atoms with van der Waals surface area (Å²) in [4.78, 5) is 0. The molecule has 0 aliphatic carbocycles. The van der Waals surface area contributed by atoms with Gasteiger partial charge in [-0.3, -0.25) is 0 Å². The molecule has 0 aromatic heterocycles. The van der Waals surface area contributed by atoms with Gasteiger partial charge in [0.15, 0.2) is 0 Å². The lowest BCUT2D eigenvalue weighted by molar-refractivity contribution is 0.102. The van der Waals surface area contributed by atoms with Crippen LogP contribution in [0.4, 0.5) is 0 Å². The highest BCUT2D eigenvalue weighted by Gasteiger charge is 2.10. The van der Waals surface area contributed by atoms with Crippen molar-refractivity contribution in [2.75, 3.05) is 6.26 Å². The lowest BCUT2D eigenvalue weighted by atomic mass is 10.2. The fourth-order valence-corrected chi connectivity index (χ4v) is 1.41. The largest absolute Gasteiger partial charge is 0.232 e. The van der Waals surface area contributed by atoms with Crippen molar-refractivity contribution in [1.29, 1.82) is 0 Å². The quantitative estimate of drug-likeness (QED) is 0.576. The first-order chi connectivity index (χ1) is 3.72. The third-order valence-electron chi connectivity index (χ3n) is 1.23. The van der Waals surface area contributed by atoms with Crippen molar-refractivity contribution in [2.45, 2.75) is 31.6 Å². The monoisotopic (exact) mass is 133 g/mol. The summed E-state index contributed by atoms with van der Waals surface area (Å²) in [5, 5.41) is 11.0. The molecule has 0 aromatic carbocycles. The van der Waals surface area contributed by atoms with Crippen molar-refractivity contribution in [3.63, 3.8) is 0 Å². The lowest BCUT2D eigenvalue weighted by Crippen LogP contribution is -2.15. The Balaban J connectivity index is 3.35. The third-order valence-corrected chi connectivity index (χ3v) is 2.55. The van der Waals surface area contributed by atoms with Crippen LogP contribution in [-0.2, 0) is 5.11 Å². The zero-order valence-corrected chi connectivity index (χ0v) is 6.49. The minimum Gasteiger partial charge on any atom is -0.232 e. The summed E-state index contributed by atoms with van der Waals surface area (Å²) < 4.78 is 0. The molecule has 1 radical (unpaired) electrons. The van der Waals surface area contributed by atoms with Crippen LogP contribution in [0.15, 0.2) is 0 Å². The Hall–Kier alpha value is 0.310. The van der Waals surface area contributed by atoms with Gasteiger partial charge in [-0.05, 0) is 19.6 Å². The normalized spacial score (nSPS) is 18.0. The van der Waals surface area contributed by atoms with E-state index >= 15 is 0 Å². The van der Waals surface area contributed by atoms with Crippen LogP contribution in [0.5, 0.6) is 0 Å². The van der Waals surface area contributed by atoms with Crippen molar-refractivity contribution in [1.82, 2.24) is 0 Å². The van der Waals surface area contributed by atoms with E-state index in [9.17, 15) is 5.11 Å². The summed E-state index contributed by atoms with van der Waals surface area (Å²) in [6, 6.07) is 0. The van der Waals surface area contributed by atoms with E-state index in [1.54, 1.807) is 18.7 Å². The molecule has 0 amide bonds. The van der Waals surface area contributed by atoms with E-state index in [4.69, 9.17) is 0 Å². The first kappa shape index (κ1) is 8.31. The van der Waals surface area contributed by atoms with Gasteiger partial charge in [-0.15, -0.1) is 0 Å². The Morgan fingerprint density at radius 1 is 1.62 bits per heavy atom. The number of hydrogen-bond donors (Lipinski definition) is 0. The van der Waals surface area contributed by atoms with E-state index in [1.165, 1.54) is 0 Å². The standard InChI is InChI=1S/C6H13OS/c1-4-6(8-3)5(2)7/h5-6H,4H2,1-3H3. The van der Waals surface area contributed by atoms with Crippen LogP contribution in [0.1, 0.15) is 20.3 Å². The van der Waals surface area contributed by atoms with E-state index in [0.29, 0.717) is 5.25 Å². The number of rotatable bonds is 3. The Kier molecular flexibility index (Phi) is 4.38. The summed E-state index contributed by atoms with van der Waals surface area (Å²) in [6.07, 6.45) is 2.57. The summed E-state index contributed by atoms with van der Waals surface area (Å²) in [5.74, 6) is 0. The highest BCUT2D eigenvalue weighted by atomic mass is 32.2. The molecule has 1 nitrogen and oxygen atoms in total. The fourth-order valence-electron chi connectivity index (χ4n) is 0.690. The van der Waals surface area contributed by atoms with Crippen molar-refractivity contribution >= 4 is 11.8 Å². The van der Waals surface area contributed by atoms with E-state index in [-0.39, 0.29) is 0 Å². The molecule has 0 heterocycles. The highest BCUT2D eigenvalue weighted by Crippen LogP contribution is 2.14. The maximum Gasteiger partial charge on any atom is 0.102 e. The van der Waals surface area contributed by atoms with Crippen LogP contribution >= 0.6 is 11.8 Å². The summed E-state index contributed by atoms with van der Waals surface area (Å²) in [5.41, 5.74) is 0. The summed E-state index contributed by atoms with van der Waals surface area (Å²) in [6.45, 7) is 3.78. The molecule has 2 heteroatoms. The molecule has 0 aromatic rings. The molecule has 0 saturated heterocycles. The molecular formula is C6H13OS. The van der Waals surface area contributed by atoms with Gasteiger partial charge in [0.2, 0.25) is 0 Å². The molecule has 0 fully saturated rings. The Bertz CT molecular complexity index is 50.5. The second kappa shape index (κ2) is 4.21. The lowest BCUT2D eigenvalue weighted by Gasteiger charge is -2.11. The molecule has 0 aliphatic rings. The first-order valence-electron chi connectivity index (χ1n) is 2.91. The van der Waals surface area contributed by atoms with Gasteiger partial charge in [0.25, 0.3) is 0 Å². The smallest absolute Gasteiger partial charge is 0.102 e. The molecule has 0 spiro atoms. The topological polar surface area (TPSA) is 19.9 Å². The van der Waals surface area contributed by atoms with Gasteiger partial charge in [0.1, 0.15) is 6.10 Å². The molecule has 0 bridgehead atoms.